The third-order valence-electron chi connectivity index (χ3n) is 5.02. The number of likely N-dealkylation sites (N-methyl/N-ethyl adjacent to an activating group) is 1. The van der Waals surface area contributed by atoms with Crippen LogP contribution in [0.1, 0.15) is 26.8 Å². The first-order valence-electron chi connectivity index (χ1n) is 10.1. The number of hydrogen-bond donors (Lipinski definition) is 1. The summed E-state index contributed by atoms with van der Waals surface area (Å²) in [5.41, 5.74) is 0.868. The van der Waals surface area contributed by atoms with E-state index in [9.17, 15) is 9.59 Å². The van der Waals surface area contributed by atoms with Crippen molar-refractivity contribution in [1.29, 1.82) is 0 Å². The van der Waals surface area contributed by atoms with E-state index >= 15 is 0 Å². The number of amides is 2. The zero-order chi connectivity index (χ0) is 20.8. The maximum atomic E-state index is 13.2. The van der Waals surface area contributed by atoms with Crippen LogP contribution in [0.15, 0.2) is 30.3 Å². The highest BCUT2D eigenvalue weighted by atomic mass is 16.2. The fourth-order valence-corrected chi connectivity index (χ4v) is 3.47. The second-order valence-electron chi connectivity index (χ2n) is 7.54. The second kappa shape index (κ2) is 9.60. The molecule has 1 fully saturated rings. The maximum absolute atomic E-state index is 13.2. The molecule has 1 aromatic heterocycles. The summed E-state index contributed by atoms with van der Waals surface area (Å²) in [4.78, 5) is 30.3. The Hall–Kier alpha value is -2.81. The highest BCUT2D eigenvalue weighted by molar-refractivity contribution is 5.81. The minimum absolute atomic E-state index is 0.00493. The number of hydrogen-bond acceptors (Lipinski definition) is 6. The molecule has 0 bridgehead atoms. The van der Waals surface area contributed by atoms with E-state index in [1.807, 2.05) is 56.0 Å². The topological polar surface area (TPSA) is 96.2 Å². The molecule has 0 radical (unpaired) electrons. The lowest BCUT2D eigenvalue weighted by Crippen LogP contribution is -2.53. The molecule has 3 rings (SSSR count). The fraction of sp³-hybridized carbons (Fsp3) is 0.550. The van der Waals surface area contributed by atoms with Gasteiger partial charge in [0.15, 0.2) is 6.04 Å². The third kappa shape index (κ3) is 5.17. The fourth-order valence-electron chi connectivity index (χ4n) is 3.47. The number of nitrogens with zero attached hydrogens (tertiary/aromatic N) is 6. The van der Waals surface area contributed by atoms with Gasteiger partial charge in [-0.3, -0.25) is 14.5 Å². The van der Waals surface area contributed by atoms with Gasteiger partial charge in [-0.1, -0.05) is 44.2 Å². The summed E-state index contributed by atoms with van der Waals surface area (Å²) in [6.45, 7) is 9.39. The first kappa shape index (κ1) is 20.9. The number of piperazine rings is 1. The van der Waals surface area contributed by atoms with Crippen LogP contribution in [0, 0.1) is 5.92 Å². The van der Waals surface area contributed by atoms with Crippen molar-refractivity contribution in [3.05, 3.63) is 30.3 Å². The summed E-state index contributed by atoms with van der Waals surface area (Å²) >= 11 is 0. The Morgan fingerprint density at radius 2 is 1.79 bits per heavy atom. The van der Waals surface area contributed by atoms with Crippen LogP contribution in [0.2, 0.25) is 0 Å². The molecule has 1 aliphatic rings. The van der Waals surface area contributed by atoms with Crippen LogP contribution in [0.25, 0.3) is 11.4 Å². The van der Waals surface area contributed by atoms with E-state index in [2.05, 4.69) is 25.6 Å². The van der Waals surface area contributed by atoms with Gasteiger partial charge in [0.25, 0.3) is 0 Å². The Labute approximate surface area is 171 Å². The Morgan fingerprint density at radius 1 is 1.10 bits per heavy atom. The van der Waals surface area contributed by atoms with E-state index in [1.165, 1.54) is 4.80 Å². The van der Waals surface area contributed by atoms with Crippen molar-refractivity contribution < 1.29 is 9.59 Å². The van der Waals surface area contributed by atoms with Crippen molar-refractivity contribution >= 4 is 11.8 Å². The van der Waals surface area contributed by atoms with Crippen LogP contribution in [-0.4, -0.2) is 81.1 Å². The van der Waals surface area contributed by atoms with Gasteiger partial charge in [-0.25, -0.2) is 0 Å². The standard InChI is InChI=1S/C20H29N7O2/c1-4-21-17(28)14-25-10-12-26(13-11-25)20(29)18(15(2)3)27-23-19(22-24-27)16-8-6-5-7-9-16/h5-9,15,18H,4,10-14H2,1-3H3,(H,21,28). The Balaban J connectivity index is 1.65. The van der Waals surface area contributed by atoms with Crippen molar-refractivity contribution in [1.82, 2.24) is 35.3 Å². The molecule has 0 saturated carbocycles. The van der Waals surface area contributed by atoms with E-state index in [0.29, 0.717) is 45.1 Å². The second-order valence-corrected chi connectivity index (χ2v) is 7.54. The molecule has 9 nitrogen and oxygen atoms in total. The van der Waals surface area contributed by atoms with Gasteiger partial charge in [0.05, 0.1) is 6.54 Å². The lowest BCUT2D eigenvalue weighted by atomic mass is 10.0. The summed E-state index contributed by atoms with van der Waals surface area (Å²) in [6.07, 6.45) is 0. The van der Waals surface area contributed by atoms with E-state index in [4.69, 9.17) is 0 Å². The number of carbonyl (C=O) groups is 2. The van der Waals surface area contributed by atoms with Gasteiger partial charge >= 0.3 is 0 Å². The average Bonchev–Trinajstić information content (AvgIpc) is 3.19. The molecule has 2 amide bonds. The summed E-state index contributed by atoms with van der Waals surface area (Å²) in [6, 6.07) is 9.10. The van der Waals surface area contributed by atoms with E-state index in [0.717, 1.165) is 5.56 Å². The number of nitrogens with one attached hydrogen (secondary N) is 1. The number of tetrazole rings is 1. The summed E-state index contributed by atoms with van der Waals surface area (Å²) < 4.78 is 0. The number of benzene rings is 1. The minimum Gasteiger partial charge on any atom is -0.355 e. The largest absolute Gasteiger partial charge is 0.355 e. The maximum Gasteiger partial charge on any atom is 0.249 e. The van der Waals surface area contributed by atoms with Crippen LogP contribution in [0.3, 0.4) is 0 Å². The lowest BCUT2D eigenvalue weighted by molar-refractivity contribution is -0.138. The highest BCUT2D eigenvalue weighted by Gasteiger charge is 2.33. The molecule has 1 saturated heterocycles. The zero-order valence-corrected chi connectivity index (χ0v) is 17.3. The molecule has 1 N–H and O–H groups in total. The van der Waals surface area contributed by atoms with Gasteiger partial charge < -0.3 is 10.2 Å². The van der Waals surface area contributed by atoms with E-state index in [1.54, 1.807) is 0 Å². The number of carbonyl (C=O) groups excluding carboxylic acids is 2. The third-order valence-corrected chi connectivity index (χ3v) is 5.02. The molecule has 1 unspecified atom stereocenters. The van der Waals surface area contributed by atoms with Crippen molar-refractivity contribution in [2.45, 2.75) is 26.8 Å². The van der Waals surface area contributed by atoms with Gasteiger partial charge in [0.2, 0.25) is 17.6 Å². The summed E-state index contributed by atoms with van der Waals surface area (Å²) in [5, 5.41) is 15.6. The van der Waals surface area contributed by atoms with Crippen LogP contribution in [0.4, 0.5) is 0 Å². The van der Waals surface area contributed by atoms with Crippen molar-refractivity contribution in [2.24, 2.45) is 5.92 Å². The van der Waals surface area contributed by atoms with Crippen LogP contribution < -0.4 is 5.32 Å². The quantitative estimate of drug-likeness (QED) is 0.740. The van der Waals surface area contributed by atoms with Crippen LogP contribution in [0.5, 0.6) is 0 Å². The monoisotopic (exact) mass is 399 g/mol. The SMILES string of the molecule is CCNC(=O)CN1CCN(C(=O)C(C(C)C)n2nnc(-c3ccccc3)n2)CC1. The van der Waals surface area contributed by atoms with Gasteiger partial charge in [0, 0.05) is 38.3 Å². The van der Waals surface area contributed by atoms with Crippen molar-refractivity contribution in [2.75, 3.05) is 39.3 Å². The predicted molar refractivity (Wildman–Crippen MR) is 109 cm³/mol. The molecule has 1 atom stereocenters. The molecule has 0 aliphatic carbocycles. The van der Waals surface area contributed by atoms with Crippen molar-refractivity contribution in [3.63, 3.8) is 0 Å². The first-order valence-corrected chi connectivity index (χ1v) is 10.1. The molecule has 1 aromatic carbocycles. The molecule has 2 heterocycles. The average molecular weight is 399 g/mol. The van der Waals surface area contributed by atoms with Crippen LogP contribution >= 0.6 is 0 Å². The molecule has 156 valence electrons. The van der Waals surface area contributed by atoms with E-state index in [-0.39, 0.29) is 17.7 Å². The molecule has 9 heteroatoms. The molecular weight excluding hydrogens is 370 g/mol. The van der Waals surface area contributed by atoms with Gasteiger partial charge in [-0.05, 0) is 18.1 Å². The number of rotatable bonds is 7. The molecule has 29 heavy (non-hydrogen) atoms. The van der Waals surface area contributed by atoms with Gasteiger partial charge in [-0.2, -0.15) is 4.80 Å². The molecule has 1 aliphatic heterocycles. The molecule has 0 spiro atoms. The normalized spacial score (nSPS) is 16.1. The Bertz CT molecular complexity index is 813. The van der Waals surface area contributed by atoms with Crippen LogP contribution in [-0.2, 0) is 9.59 Å². The number of aromatic nitrogens is 4. The van der Waals surface area contributed by atoms with Gasteiger partial charge in [0.1, 0.15) is 0 Å². The molecule has 2 aromatic rings. The summed E-state index contributed by atoms with van der Waals surface area (Å²) in [5.74, 6) is 0.548. The smallest absolute Gasteiger partial charge is 0.249 e. The zero-order valence-electron chi connectivity index (χ0n) is 17.3. The minimum atomic E-state index is -0.505. The summed E-state index contributed by atoms with van der Waals surface area (Å²) in [7, 11) is 0. The van der Waals surface area contributed by atoms with E-state index < -0.39 is 6.04 Å². The Morgan fingerprint density at radius 3 is 2.41 bits per heavy atom. The lowest BCUT2D eigenvalue weighted by Gasteiger charge is -2.36. The first-order chi connectivity index (χ1) is 14.0. The highest BCUT2D eigenvalue weighted by Crippen LogP contribution is 2.21. The Kier molecular flexibility index (Phi) is 6.92. The predicted octanol–water partition coefficient (Wildman–Crippen LogP) is 0.818. The van der Waals surface area contributed by atoms with Gasteiger partial charge in [-0.15, -0.1) is 10.2 Å². The molecular formula is C20H29N7O2. The van der Waals surface area contributed by atoms with Crippen molar-refractivity contribution in [3.8, 4) is 11.4 Å².